The van der Waals surface area contributed by atoms with Gasteiger partial charge < -0.3 is 5.11 Å². The van der Waals surface area contributed by atoms with Gasteiger partial charge >= 0.3 is 5.97 Å². The monoisotopic (exact) mass is 256 g/mol. The topological polar surface area (TPSA) is 89.5 Å². The first-order valence-electron chi connectivity index (χ1n) is 5.41. The van der Waals surface area contributed by atoms with Gasteiger partial charge in [0.25, 0.3) is 5.56 Å². The van der Waals surface area contributed by atoms with E-state index < -0.39 is 11.5 Å². The summed E-state index contributed by atoms with van der Waals surface area (Å²) in [5.41, 5.74) is 0.0778. The van der Waals surface area contributed by atoms with Gasteiger partial charge in [0.15, 0.2) is 5.65 Å². The van der Waals surface area contributed by atoms with Crippen molar-refractivity contribution in [2.45, 2.75) is 0 Å². The van der Waals surface area contributed by atoms with E-state index in [-0.39, 0.29) is 5.56 Å². The fraction of sp³-hybridized carbons (Fsp3) is 0. The van der Waals surface area contributed by atoms with Gasteiger partial charge in [-0.15, -0.1) is 0 Å². The Bertz CT molecular complexity index is 820. The van der Waals surface area contributed by atoms with Crippen molar-refractivity contribution in [1.29, 1.82) is 0 Å². The van der Waals surface area contributed by atoms with E-state index in [2.05, 4.69) is 9.97 Å². The Morgan fingerprint density at radius 2 is 1.95 bits per heavy atom. The van der Waals surface area contributed by atoms with Gasteiger partial charge in [-0.3, -0.25) is 14.5 Å². The summed E-state index contributed by atoms with van der Waals surface area (Å²) < 4.78 is 2.73. The maximum absolute atomic E-state index is 12.1. The van der Waals surface area contributed by atoms with Crippen molar-refractivity contribution in [1.82, 2.24) is 19.2 Å². The lowest BCUT2D eigenvalue weighted by Crippen LogP contribution is -2.26. The molecule has 94 valence electrons. The van der Waals surface area contributed by atoms with E-state index in [9.17, 15) is 9.59 Å². The van der Waals surface area contributed by atoms with Gasteiger partial charge in [0.1, 0.15) is 5.56 Å². The van der Waals surface area contributed by atoms with Crippen LogP contribution in [0, 0.1) is 0 Å². The predicted molar refractivity (Wildman–Crippen MR) is 65.5 cm³/mol. The second-order valence-corrected chi connectivity index (χ2v) is 3.82. The molecule has 0 aliphatic heterocycles. The van der Waals surface area contributed by atoms with E-state index in [0.717, 1.165) is 6.20 Å². The molecule has 0 fully saturated rings. The second-order valence-electron chi connectivity index (χ2n) is 3.82. The van der Waals surface area contributed by atoms with Crippen molar-refractivity contribution < 1.29 is 9.90 Å². The number of nitrogens with zero attached hydrogens (tertiary/aromatic N) is 4. The number of aromatic carboxylic acids is 1. The maximum Gasteiger partial charge on any atom is 0.343 e. The minimum atomic E-state index is -1.30. The summed E-state index contributed by atoms with van der Waals surface area (Å²) in [4.78, 5) is 30.9. The zero-order valence-corrected chi connectivity index (χ0v) is 9.59. The number of carboxylic acid groups (broad SMARTS) is 1. The summed E-state index contributed by atoms with van der Waals surface area (Å²) in [6.07, 6.45) is 5.88. The zero-order chi connectivity index (χ0) is 13.4. The molecular weight excluding hydrogens is 248 g/mol. The fourth-order valence-corrected chi connectivity index (χ4v) is 1.83. The van der Waals surface area contributed by atoms with Crippen LogP contribution in [-0.4, -0.2) is 30.2 Å². The van der Waals surface area contributed by atoms with Gasteiger partial charge in [0.2, 0.25) is 0 Å². The smallest absolute Gasteiger partial charge is 0.343 e. The van der Waals surface area contributed by atoms with Gasteiger partial charge in [-0.25, -0.2) is 9.78 Å². The third kappa shape index (κ3) is 1.68. The molecule has 0 saturated carbocycles. The molecule has 3 aromatic rings. The third-order valence-corrected chi connectivity index (χ3v) is 2.70. The van der Waals surface area contributed by atoms with E-state index in [1.54, 1.807) is 36.8 Å². The van der Waals surface area contributed by atoms with Crippen molar-refractivity contribution in [3.05, 3.63) is 58.9 Å². The van der Waals surface area contributed by atoms with Gasteiger partial charge in [-0.05, 0) is 12.1 Å². The van der Waals surface area contributed by atoms with Crippen molar-refractivity contribution in [2.75, 3.05) is 0 Å². The van der Waals surface area contributed by atoms with E-state index in [1.807, 2.05) is 0 Å². The highest BCUT2D eigenvalue weighted by atomic mass is 16.4. The third-order valence-electron chi connectivity index (χ3n) is 2.70. The molecule has 0 unspecified atom stereocenters. The van der Waals surface area contributed by atoms with Crippen LogP contribution in [0.4, 0.5) is 0 Å². The van der Waals surface area contributed by atoms with Gasteiger partial charge in [-0.2, -0.15) is 4.52 Å². The number of carboxylic acids is 1. The Balaban J connectivity index is 2.37. The van der Waals surface area contributed by atoms with Gasteiger partial charge in [0.05, 0.1) is 5.69 Å². The molecule has 0 aliphatic rings. The summed E-state index contributed by atoms with van der Waals surface area (Å²) >= 11 is 0. The minimum Gasteiger partial charge on any atom is -0.477 e. The normalized spacial score (nSPS) is 10.7. The Hall–Kier alpha value is -2.96. The van der Waals surface area contributed by atoms with Crippen LogP contribution in [0.1, 0.15) is 10.4 Å². The zero-order valence-electron chi connectivity index (χ0n) is 9.59. The quantitative estimate of drug-likeness (QED) is 0.724. The molecule has 0 radical (unpaired) electrons. The average Bonchev–Trinajstić information content (AvgIpc) is 2.84. The number of hydrogen-bond donors (Lipinski definition) is 1. The molecule has 0 amide bonds. The van der Waals surface area contributed by atoms with Gasteiger partial charge in [-0.1, -0.05) is 0 Å². The van der Waals surface area contributed by atoms with Crippen molar-refractivity contribution in [3.8, 4) is 5.69 Å². The molecule has 0 atom stereocenters. The van der Waals surface area contributed by atoms with Crippen molar-refractivity contribution in [3.63, 3.8) is 0 Å². The van der Waals surface area contributed by atoms with Crippen LogP contribution in [0.3, 0.4) is 0 Å². The minimum absolute atomic E-state index is 0.369. The molecule has 0 saturated heterocycles. The number of carbonyl (C=O) groups is 1. The predicted octanol–water partition coefficient (Wildman–Crippen LogP) is 0.578. The molecule has 3 rings (SSSR count). The summed E-state index contributed by atoms with van der Waals surface area (Å²) in [5.74, 6) is -1.30. The molecule has 7 heteroatoms. The number of fused-ring (bicyclic) bond motifs is 1. The second kappa shape index (κ2) is 4.05. The number of aromatic nitrogens is 4. The first-order chi connectivity index (χ1) is 9.18. The standard InChI is InChI=1S/C12H8N4O3/c17-11-9(12(18)19)7-14-10-3-6-15(16(10)11)8-1-4-13-5-2-8/h1-7H,(H,18,19). The van der Waals surface area contributed by atoms with E-state index in [1.165, 1.54) is 9.20 Å². The molecule has 19 heavy (non-hydrogen) atoms. The van der Waals surface area contributed by atoms with Crippen LogP contribution in [0.2, 0.25) is 0 Å². The lowest BCUT2D eigenvalue weighted by Gasteiger charge is -2.06. The highest BCUT2D eigenvalue weighted by molar-refractivity contribution is 5.86. The summed E-state index contributed by atoms with van der Waals surface area (Å²) in [6, 6.07) is 5.05. The molecule has 0 bridgehead atoms. The van der Waals surface area contributed by atoms with Crippen LogP contribution in [0.5, 0.6) is 0 Å². The van der Waals surface area contributed by atoms with E-state index in [0.29, 0.717) is 11.3 Å². The van der Waals surface area contributed by atoms with Crippen molar-refractivity contribution >= 4 is 11.6 Å². The molecular formula is C12H8N4O3. The number of rotatable bonds is 2. The maximum atomic E-state index is 12.1. The van der Waals surface area contributed by atoms with Crippen LogP contribution in [-0.2, 0) is 0 Å². The van der Waals surface area contributed by atoms with Gasteiger partial charge in [0, 0.05) is 30.9 Å². The Morgan fingerprint density at radius 3 is 2.63 bits per heavy atom. The number of pyridine rings is 1. The molecule has 1 N–H and O–H groups in total. The summed E-state index contributed by atoms with van der Waals surface area (Å²) in [6.45, 7) is 0. The molecule has 3 aromatic heterocycles. The van der Waals surface area contributed by atoms with Crippen LogP contribution in [0.25, 0.3) is 11.3 Å². The van der Waals surface area contributed by atoms with Crippen molar-refractivity contribution in [2.24, 2.45) is 0 Å². The SMILES string of the molecule is O=C(O)c1cnc2ccn(-c3ccncc3)n2c1=O. The molecule has 7 nitrogen and oxygen atoms in total. The lowest BCUT2D eigenvalue weighted by atomic mass is 10.3. The van der Waals surface area contributed by atoms with E-state index >= 15 is 0 Å². The number of hydrogen-bond acceptors (Lipinski definition) is 4. The fourth-order valence-electron chi connectivity index (χ4n) is 1.83. The first kappa shape index (κ1) is 11.1. The summed E-state index contributed by atoms with van der Waals surface area (Å²) in [7, 11) is 0. The highest BCUT2D eigenvalue weighted by Gasteiger charge is 2.14. The van der Waals surface area contributed by atoms with Crippen LogP contribution >= 0.6 is 0 Å². The Kier molecular flexibility index (Phi) is 2.38. The summed E-state index contributed by atoms with van der Waals surface area (Å²) in [5, 5.41) is 8.95. The molecule has 0 aliphatic carbocycles. The molecule has 0 spiro atoms. The Morgan fingerprint density at radius 1 is 1.21 bits per heavy atom. The molecule has 0 aromatic carbocycles. The highest BCUT2D eigenvalue weighted by Crippen LogP contribution is 2.08. The Labute approximate surface area is 106 Å². The lowest BCUT2D eigenvalue weighted by molar-refractivity contribution is 0.0694. The average molecular weight is 256 g/mol. The largest absolute Gasteiger partial charge is 0.477 e. The van der Waals surface area contributed by atoms with Crippen LogP contribution in [0.15, 0.2) is 47.8 Å². The first-order valence-corrected chi connectivity index (χ1v) is 5.41. The van der Waals surface area contributed by atoms with E-state index in [4.69, 9.17) is 5.11 Å². The molecule has 3 heterocycles. The van der Waals surface area contributed by atoms with Crippen LogP contribution < -0.4 is 5.56 Å².